The van der Waals surface area contributed by atoms with Crippen LogP contribution in [0.3, 0.4) is 0 Å². The van der Waals surface area contributed by atoms with Crippen molar-refractivity contribution in [3.63, 3.8) is 0 Å². The summed E-state index contributed by atoms with van der Waals surface area (Å²) in [5, 5.41) is 2.70. The minimum atomic E-state index is -0.269. The lowest BCUT2D eigenvalue weighted by molar-refractivity contribution is -0.133. The number of amides is 2. The van der Waals surface area contributed by atoms with Gasteiger partial charge in [0.1, 0.15) is 0 Å². The number of anilines is 1. The van der Waals surface area contributed by atoms with Gasteiger partial charge >= 0.3 is 0 Å². The van der Waals surface area contributed by atoms with Gasteiger partial charge in [-0.05, 0) is 30.2 Å². The molecule has 1 aliphatic rings. The van der Waals surface area contributed by atoms with Gasteiger partial charge < -0.3 is 15.0 Å². The normalized spacial score (nSPS) is 16.9. The highest BCUT2D eigenvalue weighted by Crippen LogP contribution is 2.16. The number of nitrogens with one attached hydrogen (secondary N) is 1. The lowest BCUT2D eigenvalue weighted by atomic mass is 10.1. The molecule has 0 saturated carbocycles. The van der Waals surface area contributed by atoms with Crippen LogP contribution < -0.4 is 5.32 Å². The van der Waals surface area contributed by atoms with E-state index in [2.05, 4.69) is 18.0 Å². The zero-order chi connectivity index (χ0) is 16.7. The van der Waals surface area contributed by atoms with Crippen molar-refractivity contribution in [2.24, 2.45) is 0 Å². The van der Waals surface area contributed by atoms with Crippen LogP contribution >= 0.6 is 0 Å². The first-order chi connectivity index (χ1) is 11.1. The van der Waals surface area contributed by atoms with Gasteiger partial charge in [-0.3, -0.25) is 9.59 Å². The fraction of sp³-hybridized carbons (Fsp3) is 0.333. The van der Waals surface area contributed by atoms with Crippen molar-refractivity contribution in [1.82, 2.24) is 4.90 Å². The maximum absolute atomic E-state index is 12.6. The molecule has 122 valence electrons. The Bertz CT molecular complexity index is 610. The monoisotopic (exact) mass is 314 g/mol. The minimum Gasteiger partial charge on any atom is -0.382 e. The first kappa shape index (κ1) is 17.0. The molecule has 1 aromatic carbocycles. The average Bonchev–Trinajstić information content (AvgIpc) is 2.56. The minimum absolute atomic E-state index is 0.00935. The van der Waals surface area contributed by atoms with Crippen molar-refractivity contribution in [2.75, 3.05) is 25.6 Å². The molecule has 2 rings (SSSR count). The van der Waals surface area contributed by atoms with Crippen LogP contribution in [0.4, 0.5) is 5.69 Å². The first-order valence-corrected chi connectivity index (χ1v) is 7.61. The predicted octanol–water partition coefficient (Wildman–Crippen LogP) is 2.16. The highest BCUT2D eigenvalue weighted by molar-refractivity contribution is 5.98. The van der Waals surface area contributed by atoms with Crippen molar-refractivity contribution in [3.8, 4) is 0 Å². The van der Waals surface area contributed by atoms with Crippen molar-refractivity contribution >= 4 is 17.5 Å². The van der Waals surface area contributed by atoms with Crippen LogP contribution in [0.25, 0.3) is 0 Å². The number of benzene rings is 1. The summed E-state index contributed by atoms with van der Waals surface area (Å²) in [6.45, 7) is 4.63. The largest absolute Gasteiger partial charge is 0.382 e. The van der Waals surface area contributed by atoms with Gasteiger partial charge in [-0.1, -0.05) is 30.9 Å². The number of nitrogens with zero attached hydrogens (tertiary/aromatic N) is 1. The molecule has 0 fully saturated rings. The summed E-state index contributed by atoms with van der Waals surface area (Å²) in [5.41, 5.74) is 1.52. The molecule has 0 aromatic heterocycles. The molecule has 0 saturated heterocycles. The second-order valence-corrected chi connectivity index (χ2v) is 5.40. The van der Waals surface area contributed by atoms with Crippen LogP contribution in [0.2, 0.25) is 0 Å². The Morgan fingerprint density at radius 1 is 1.48 bits per heavy atom. The van der Waals surface area contributed by atoms with Crippen LogP contribution in [0.1, 0.15) is 12.0 Å². The number of methoxy groups -OCH3 is 1. The summed E-state index contributed by atoms with van der Waals surface area (Å²) in [5.74, 6) is -0.210. The lowest BCUT2D eigenvalue weighted by Gasteiger charge is -2.32. The number of ether oxygens (including phenoxy) is 1. The smallest absolute Gasteiger partial charge is 0.247 e. The molecule has 0 bridgehead atoms. The van der Waals surface area contributed by atoms with Crippen LogP contribution in [0.5, 0.6) is 0 Å². The Kier molecular flexibility index (Phi) is 6.11. The van der Waals surface area contributed by atoms with Crippen LogP contribution in [-0.4, -0.2) is 43.0 Å². The summed E-state index contributed by atoms with van der Waals surface area (Å²) < 4.78 is 5.19. The Balaban J connectivity index is 2.04. The molecule has 23 heavy (non-hydrogen) atoms. The zero-order valence-electron chi connectivity index (χ0n) is 13.3. The van der Waals surface area contributed by atoms with Gasteiger partial charge in [0.25, 0.3) is 0 Å². The molecule has 5 nitrogen and oxygen atoms in total. The first-order valence-electron chi connectivity index (χ1n) is 7.61. The standard InChI is InChI=1S/C18H22N2O3/c1-3-17(21)19-15-8-6-7-14(11-15)12-18(22)20-10-5-4-9-16(20)13-23-2/h3-4,6-9,11,16H,1,5,10,12-13H2,2H3,(H,19,21). The summed E-state index contributed by atoms with van der Waals surface area (Å²) >= 11 is 0. The Morgan fingerprint density at radius 2 is 2.30 bits per heavy atom. The molecule has 1 unspecified atom stereocenters. The van der Waals surface area contributed by atoms with Crippen molar-refractivity contribution in [1.29, 1.82) is 0 Å². The average molecular weight is 314 g/mol. The fourth-order valence-electron chi connectivity index (χ4n) is 2.59. The number of rotatable bonds is 6. The Labute approximate surface area is 136 Å². The van der Waals surface area contributed by atoms with Gasteiger partial charge in [-0.15, -0.1) is 0 Å². The maximum atomic E-state index is 12.6. The third-order valence-electron chi connectivity index (χ3n) is 3.69. The molecule has 1 aliphatic heterocycles. The molecule has 5 heteroatoms. The third-order valence-corrected chi connectivity index (χ3v) is 3.69. The molecule has 1 atom stereocenters. The van der Waals surface area contributed by atoms with E-state index in [0.29, 0.717) is 25.3 Å². The topological polar surface area (TPSA) is 58.6 Å². The van der Waals surface area contributed by atoms with Gasteiger partial charge in [0.05, 0.1) is 19.1 Å². The molecule has 1 aromatic rings. The van der Waals surface area contributed by atoms with Crippen LogP contribution in [0.15, 0.2) is 49.1 Å². The van der Waals surface area contributed by atoms with E-state index in [1.807, 2.05) is 29.2 Å². The van der Waals surface area contributed by atoms with E-state index in [-0.39, 0.29) is 17.9 Å². The predicted molar refractivity (Wildman–Crippen MR) is 90.1 cm³/mol. The highest BCUT2D eigenvalue weighted by atomic mass is 16.5. The van der Waals surface area contributed by atoms with E-state index >= 15 is 0 Å². The number of carbonyl (C=O) groups excluding carboxylic acids is 2. The molecule has 1 N–H and O–H groups in total. The summed E-state index contributed by atoms with van der Waals surface area (Å²) in [7, 11) is 1.64. The molecule has 2 amide bonds. The highest BCUT2D eigenvalue weighted by Gasteiger charge is 2.23. The van der Waals surface area contributed by atoms with Gasteiger partial charge in [-0.25, -0.2) is 0 Å². The Morgan fingerprint density at radius 3 is 3.04 bits per heavy atom. The number of carbonyl (C=O) groups is 2. The maximum Gasteiger partial charge on any atom is 0.247 e. The lowest BCUT2D eigenvalue weighted by Crippen LogP contribution is -2.44. The third kappa shape index (κ3) is 4.79. The second-order valence-electron chi connectivity index (χ2n) is 5.40. The summed E-state index contributed by atoms with van der Waals surface area (Å²) in [4.78, 5) is 25.8. The zero-order valence-corrected chi connectivity index (χ0v) is 13.3. The molecular formula is C18H22N2O3. The van der Waals surface area contributed by atoms with E-state index in [4.69, 9.17) is 4.74 Å². The second kappa shape index (κ2) is 8.29. The van der Waals surface area contributed by atoms with E-state index in [1.165, 1.54) is 6.08 Å². The Hall–Kier alpha value is -2.40. The van der Waals surface area contributed by atoms with Crippen molar-refractivity contribution < 1.29 is 14.3 Å². The molecule has 1 heterocycles. The van der Waals surface area contributed by atoms with Gasteiger partial charge in [0, 0.05) is 19.3 Å². The summed E-state index contributed by atoms with van der Waals surface area (Å²) in [6.07, 6.45) is 6.48. The molecular weight excluding hydrogens is 292 g/mol. The fourth-order valence-corrected chi connectivity index (χ4v) is 2.59. The summed E-state index contributed by atoms with van der Waals surface area (Å²) in [6, 6.07) is 7.29. The van der Waals surface area contributed by atoms with Gasteiger partial charge in [0.2, 0.25) is 11.8 Å². The van der Waals surface area contributed by atoms with Crippen molar-refractivity contribution in [3.05, 3.63) is 54.6 Å². The molecule has 0 radical (unpaired) electrons. The van der Waals surface area contributed by atoms with E-state index in [9.17, 15) is 9.59 Å². The van der Waals surface area contributed by atoms with Crippen molar-refractivity contribution in [2.45, 2.75) is 18.9 Å². The molecule has 0 aliphatic carbocycles. The van der Waals surface area contributed by atoms with Crippen LogP contribution in [0, 0.1) is 0 Å². The van der Waals surface area contributed by atoms with E-state index in [1.54, 1.807) is 13.2 Å². The van der Waals surface area contributed by atoms with Gasteiger partial charge in [0.15, 0.2) is 0 Å². The van der Waals surface area contributed by atoms with E-state index < -0.39 is 0 Å². The SMILES string of the molecule is C=CC(=O)Nc1cccc(CC(=O)N2CCC=CC2COC)c1. The number of hydrogen-bond donors (Lipinski definition) is 1. The number of hydrogen-bond acceptors (Lipinski definition) is 3. The van der Waals surface area contributed by atoms with E-state index in [0.717, 1.165) is 12.0 Å². The molecule has 0 spiro atoms. The van der Waals surface area contributed by atoms with Gasteiger partial charge in [-0.2, -0.15) is 0 Å². The van der Waals surface area contributed by atoms with Crippen LogP contribution in [-0.2, 0) is 20.7 Å². The quantitative estimate of drug-likeness (QED) is 0.646.